The minimum absolute atomic E-state index is 0.757. The Bertz CT molecular complexity index is 468. The van der Waals surface area contributed by atoms with Gasteiger partial charge in [0.1, 0.15) is 5.82 Å². The SMILES string of the molecule is Cc1nccnc1NCc1ccc(Br)cc1. The Hall–Kier alpha value is -1.42. The molecule has 0 spiro atoms. The average Bonchev–Trinajstić information content (AvgIpc) is 2.30. The third-order valence-electron chi connectivity index (χ3n) is 2.25. The number of benzene rings is 1. The lowest BCUT2D eigenvalue weighted by atomic mass is 10.2. The average molecular weight is 278 g/mol. The Morgan fingerprint density at radius 1 is 1.12 bits per heavy atom. The highest BCUT2D eigenvalue weighted by molar-refractivity contribution is 9.10. The minimum Gasteiger partial charge on any atom is -0.364 e. The fourth-order valence-corrected chi connectivity index (χ4v) is 1.63. The van der Waals surface area contributed by atoms with Crippen molar-refractivity contribution >= 4 is 21.7 Å². The summed E-state index contributed by atoms with van der Waals surface area (Å²) in [6, 6.07) is 8.20. The molecule has 0 saturated heterocycles. The maximum absolute atomic E-state index is 4.23. The van der Waals surface area contributed by atoms with Crippen LogP contribution >= 0.6 is 15.9 Å². The van der Waals surface area contributed by atoms with Crippen molar-refractivity contribution in [2.75, 3.05) is 5.32 Å². The summed E-state index contributed by atoms with van der Waals surface area (Å²) in [5, 5.41) is 3.26. The van der Waals surface area contributed by atoms with Gasteiger partial charge in [-0.2, -0.15) is 0 Å². The second-order valence-corrected chi connectivity index (χ2v) is 4.39. The monoisotopic (exact) mass is 277 g/mol. The maximum Gasteiger partial charge on any atom is 0.147 e. The van der Waals surface area contributed by atoms with E-state index in [0.29, 0.717) is 0 Å². The van der Waals surface area contributed by atoms with Crippen LogP contribution in [0.4, 0.5) is 5.82 Å². The van der Waals surface area contributed by atoms with Crippen molar-refractivity contribution in [3.8, 4) is 0 Å². The molecule has 0 aliphatic carbocycles. The molecule has 0 fully saturated rings. The van der Waals surface area contributed by atoms with Gasteiger partial charge in [0.25, 0.3) is 0 Å². The highest BCUT2D eigenvalue weighted by Gasteiger charge is 1.99. The Morgan fingerprint density at radius 2 is 1.81 bits per heavy atom. The number of nitrogens with zero attached hydrogens (tertiary/aromatic N) is 2. The Morgan fingerprint density at radius 3 is 2.50 bits per heavy atom. The molecule has 1 aromatic heterocycles. The van der Waals surface area contributed by atoms with Crippen LogP contribution in [0.25, 0.3) is 0 Å². The molecule has 2 aromatic rings. The second kappa shape index (κ2) is 5.07. The van der Waals surface area contributed by atoms with E-state index < -0.39 is 0 Å². The van der Waals surface area contributed by atoms with Gasteiger partial charge in [0.05, 0.1) is 5.69 Å². The summed E-state index contributed by atoms with van der Waals surface area (Å²) in [5.41, 5.74) is 2.13. The van der Waals surface area contributed by atoms with E-state index in [0.717, 1.165) is 22.5 Å². The van der Waals surface area contributed by atoms with Crippen molar-refractivity contribution in [2.45, 2.75) is 13.5 Å². The van der Waals surface area contributed by atoms with Gasteiger partial charge in [-0.05, 0) is 24.6 Å². The fourth-order valence-electron chi connectivity index (χ4n) is 1.37. The molecule has 0 aliphatic rings. The van der Waals surface area contributed by atoms with Crippen molar-refractivity contribution in [2.24, 2.45) is 0 Å². The second-order valence-electron chi connectivity index (χ2n) is 3.47. The molecule has 0 saturated carbocycles. The number of nitrogens with one attached hydrogen (secondary N) is 1. The van der Waals surface area contributed by atoms with Crippen LogP contribution in [0.2, 0.25) is 0 Å². The van der Waals surface area contributed by atoms with E-state index in [1.54, 1.807) is 12.4 Å². The number of aromatic nitrogens is 2. The van der Waals surface area contributed by atoms with E-state index in [1.165, 1.54) is 5.56 Å². The first-order valence-corrected chi connectivity index (χ1v) is 5.81. The van der Waals surface area contributed by atoms with Gasteiger partial charge in [0.2, 0.25) is 0 Å². The first-order chi connectivity index (χ1) is 7.75. The molecule has 3 nitrogen and oxygen atoms in total. The largest absolute Gasteiger partial charge is 0.364 e. The van der Waals surface area contributed by atoms with E-state index in [9.17, 15) is 0 Å². The van der Waals surface area contributed by atoms with E-state index in [-0.39, 0.29) is 0 Å². The highest BCUT2D eigenvalue weighted by Crippen LogP contribution is 2.12. The van der Waals surface area contributed by atoms with Crippen LogP contribution in [0.1, 0.15) is 11.3 Å². The Kier molecular flexibility index (Phi) is 3.51. The molecule has 0 aliphatic heterocycles. The lowest BCUT2D eigenvalue weighted by molar-refractivity contribution is 1.05. The molecule has 0 unspecified atom stereocenters. The van der Waals surface area contributed by atoms with Gasteiger partial charge in [0, 0.05) is 23.4 Å². The third kappa shape index (κ3) is 2.79. The molecule has 4 heteroatoms. The van der Waals surface area contributed by atoms with Gasteiger partial charge in [-0.15, -0.1) is 0 Å². The first-order valence-electron chi connectivity index (χ1n) is 5.01. The number of hydrogen-bond donors (Lipinski definition) is 1. The summed E-state index contributed by atoms with van der Waals surface area (Å²) >= 11 is 3.41. The standard InChI is InChI=1S/C12H12BrN3/c1-9-12(15-7-6-14-9)16-8-10-2-4-11(13)5-3-10/h2-7H,8H2,1H3,(H,15,16). The Labute approximate surface area is 103 Å². The smallest absolute Gasteiger partial charge is 0.147 e. The normalized spacial score (nSPS) is 10.1. The van der Waals surface area contributed by atoms with Crippen LogP contribution in [0.3, 0.4) is 0 Å². The predicted molar refractivity (Wildman–Crippen MR) is 68.2 cm³/mol. The lowest BCUT2D eigenvalue weighted by Gasteiger charge is -2.07. The van der Waals surface area contributed by atoms with Crippen LogP contribution in [0.5, 0.6) is 0 Å². The van der Waals surface area contributed by atoms with Crippen molar-refractivity contribution in [3.63, 3.8) is 0 Å². The Balaban J connectivity index is 2.02. The van der Waals surface area contributed by atoms with Crippen molar-refractivity contribution in [1.29, 1.82) is 0 Å². The molecule has 0 radical (unpaired) electrons. The van der Waals surface area contributed by atoms with Crippen molar-refractivity contribution in [1.82, 2.24) is 9.97 Å². The van der Waals surface area contributed by atoms with Gasteiger partial charge in [0.15, 0.2) is 0 Å². The third-order valence-corrected chi connectivity index (χ3v) is 2.78. The molecule has 0 amide bonds. The summed E-state index contributed by atoms with van der Waals surface area (Å²) < 4.78 is 1.09. The number of halogens is 1. The molecule has 1 aromatic carbocycles. The lowest BCUT2D eigenvalue weighted by Crippen LogP contribution is -2.03. The molecule has 82 valence electrons. The van der Waals surface area contributed by atoms with Crippen LogP contribution in [-0.2, 0) is 6.54 Å². The van der Waals surface area contributed by atoms with Crippen LogP contribution in [0, 0.1) is 6.92 Å². The molecule has 1 N–H and O–H groups in total. The van der Waals surface area contributed by atoms with Crippen LogP contribution in [-0.4, -0.2) is 9.97 Å². The number of rotatable bonds is 3. The van der Waals surface area contributed by atoms with E-state index in [4.69, 9.17) is 0 Å². The highest BCUT2D eigenvalue weighted by atomic mass is 79.9. The topological polar surface area (TPSA) is 37.8 Å². The van der Waals surface area contributed by atoms with Crippen molar-refractivity contribution < 1.29 is 0 Å². The van der Waals surface area contributed by atoms with Gasteiger partial charge >= 0.3 is 0 Å². The van der Waals surface area contributed by atoms with E-state index in [2.05, 4.69) is 43.3 Å². The predicted octanol–water partition coefficient (Wildman–Crippen LogP) is 3.16. The minimum atomic E-state index is 0.757. The molecule has 0 bridgehead atoms. The van der Waals surface area contributed by atoms with E-state index in [1.807, 2.05) is 19.1 Å². The molecule has 1 heterocycles. The van der Waals surface area contributed by atoms with Crippen LogP contribution in [0.15, 0.2) is 41.1 Å². The summed E-state index contributed by atoms with van der Waals surface area (Å²) in [5.74, 6) is 0.838. The summed E-state index contributed by atoms with van der Waals surface area (Å²) in [6.45, 7) is 2.70. The van der Waals surface area contributed by atoms with E-state index >= 15 is 0 Å². The fraction of sp³-hybridized carbons (Fsp3) is 0.167. The number of aryl methyl sites for hydroxylation is 1. The summed E-state index contributed by atoms with van der Waals surface area (Å²) in [7, 11) is 0. The number of anilines is 1. The van der Waals surface area contributed by atoms with Gasteiger partial charge in [-0.3, -0.25) is 4.98 Å². The maximum atomic E-state index is 4.23. The zero-order chi connectivity index (χ0) is 11.4. The van der Waals surface area contributed by atoms with Gasteiger partial charge in [-0.1, -0.05) is 28.1 Å². The van der Waals surface area contributed by atoms with Gasteiger partial charge in [-0.25, -0.2) is 4.98 Å². The first kappa shape index (κ1) is 11.1. The van der Waals surface area contributed by atoms with Crippen molar-refractivity contribution in [3.05, 3.63) is 52.4 Å². The summed E-state index contributed by atoms with van der Waals surface area (Å²) in [4.78, 5) is 8.40. The zero-order valence-corrected chi connectivity index (χ0v) is 10.5. The zero-order valence-electron chi connectivity index (χ0n) is 8.94. The molecule has 2 rings (SSSR count). The quantitative estimate of drug-likeness (QED) is 0.937. The van der Waals surface area contributed by atoms with Gasteiger partial charge < -0.3 is 5.32 Å². The van der Waals surface area contributed by atoms with Crippen LogP contribution < -0.4 is 5.32 Å². The summed E-state index contributed by atoms with van der Waals surface area (Å²) in [6.07, 6.45) is 3.39. The molecule has 0 atom stereocenters. The molecule has 16 heavy (non-hydrogen) atoms. The molecular formula is C12H12BrN3. The molecular weight excluding hydrogens is 266 g/mol. The number of hydrogen-bond acceptors (Lipinski definition) is 3.